The molecule has 0 aliphatic rings. The molecule has 3 heterocycles. The number of carbonyl (C=O) groups is 2. The third-order valence-corrected chi connectivity index (χ3v) is 7.11. The standard InChI is InChI=1S/C20H20N4O3S2/c1-6-27-20(26)15-10(4)12(7-21)18(28-15)24-17(25)16-14(22)13-9(3)8(2)11(5)23-19(13)29-16/h6,22H2,1-5H3,(H,24,25). The highest BCUT2D eigenvalue weighted by atomic mass is 32.1. The lowest BCUT2D eigenvalue weighted by Gasteiger charge is -2.06. The number of fused-ring (bicyclic) bond motifs is 1. The van der Waals surface area contributed by atoms with Crippen LogP contribution in [0.3, 0.4) is 0 Å². The second kappa shape index (κ2) is 7.81. The number of nitriles is 1. The molecule has 0 spiro atoms. The highest BCUT2D eigenvalue weighted by Crippen LogP contribution is 2.38. The lowest BCUT2D eigenvalue weighted by molar-refractivity contribution is 0.0531. The van der Waals surface area contributed by atoms with E-state index in [2.05, 4.69) is 16.4 Å². The number of nitrogens with zero attached hydrogens (tertiary/aromatic N) is 2. The summed E-state index contributed by atoms with van der Waals surface area (Å²) >= 11 is 2.23. The van der Waals surface area contributed by atoms with Gasteiger partial charge in [0.05, 0.1) is 17.9 Å². The van der Waals surface area contributed by atoms with E-state index >= 15 is 0 Å². The SMILES string of the molecule is CCOC(=O)c1sc(NC(=O)c2sc3nc(C)c(C)c(C)c3c2N)c(C#N)c1C. The number of pyridine rings is 1. The number of hydrogen-bond acceptors (Lipinski definition) is 8. The van der Waals surface area contributed by atoms with Crippen LogP contribution in [0.4, 0.5) is 10.7 Å². The summed E-state index contributed by atoms with van der Waals surface area (Å²) < 4.78 is 5.03. The van der Waals surface area contributed by atoms with E-state index in [0.29, 0.717) is 30.8 Å². The van der Waals surface area contributed by atoms with Crippen molar-refractivity contribution in [3.63, 3.8) is 0 Å². The molecule has 0 saturated carbocycles. The summed E-state index contributed by atoms with van der Waals surface area (Å²) in [6, 6.07) is 2.05. The zero-order valence-corrected chi connectivity index (χ0v) is 18.4. The number of aryl methyl sites for hydroxylation is 2. The molecule has 0 unspecified atom stereocenters. The Morgan fingerprint density at radius 1 is 1.14 bits per heavy atom. The van der Waals surface area contributed by atoms with Crippen molar-refractivity contribution in [3.05, 3.63) is 37.7 Å². The van der Waals surface area contributed by atoms with Crippen LogP contribution in [0.5, 0.6) is 0 Å². The third-order valence-electron chi connectivity index (χ3n) is 4.83. The Labute approximate surface area is 176 Å². The molecule has 9 heteroatoms. The van der Waals surface area contributed by atoms with E-state index in [0.717, 1.165) is 33.5 Å². The van der Waals surface area contributed by atoms with Crippen molar-refractivity contribution in [1.29, 1.82) is 5.26 Å². The molecule has 0 atom stereocenters. The van der Waals surface area contributed by atoms with Crippen LogP contribution >= 0.6 is 22.7 Å². The molecule has 0 saturated heterocycles. The minimum absolute atomic E-state index is 0.225. The molecule has 0 fully saturated rings. The largest absolute Gasteiger partial charge is 0.462 e. The maximum atomic E-state index is 12.9. The summed E-state index contributed by atoms with van der Waals surface area (Å²) in [6.07, 6.45) is 0. The molecule has 7 nitrogen and oxygen atoms in total. The summed E-state index contributed by atoms with van der Waals surface area (Å²) in [6.45, 7) is 9.44. The summed E-state index contributed by atoms with van der Waals surface area (Å²) in [7, 11) is 0. The van der Waals surface area contributed by atoms with Crippen LogP contribution in [0.25, 0.3) is 10.2 Å². The number of nitrogen functional groups attached to an aromatic ring is 1. The van der Waals surface area contributed by atoms with Gasteiger partial charge in [-0.15, -0.1) is 22.7 Å². The van der Waals surface area contributed by atoms with E-state index in [-0.39, 0.29) is 12.2 Å². The number of nitrogens with two attached hydrogens (primary N) is 1. The van der Waals surface area contributed by atoms with Gasteiger partial charge >= 0.3 is 5.97 Å². The highest BCUT2D eigenvalue weighted by Gasteiger charge is 2.25. The van der Waals surface area contributed by atoms with Crippen molar-refractivity contribution in [2.24, 2.45) is 0 Å². The molecule has 0 aromatic carbocycles. The molecule has 3 N–H and O–H groups in total. The van der Waals surface area contributed by atoms with Gasteiger partial charge in [0, 0.05) is 11.1 Å². The molecule has 0 bridgehead atoms. The molecule has 0 aliphatic carbocycles. The summed E-state index contributed by atoms with van der Waals surface area (Å²) in [4.78, 5) is 30.9. The molecule has 29 heavy (non-hydrogen) atoms. The van der Waals surface area contributed by atoms with E-state index in [1.807, 2.05) is 20.8 Å². The van der Waals surface area contributed by atoms with Crippen molar-refractivity contribution >= 4 is 55.5 Å². The summed E-state index contributed by atoms with van der Waals surface area (Å²) in [5.74, 6) is -0.951. The van der Waals surface area contributed by atoms with Gasteiger partial charge in [-0.2, -0.15) is 5.26 Å². The Balaban J connectivity index is 2.03. The minimum Gasteiger partial charge on any atom is -0.462 e. The molecular weight excluding hydrogens is 408 g/mol. The zero-order valence-electron chi connectivity index (χ0n) is 16.7. The van der Waals surface area contributed by atoms with E-state index in [4.69, 9.17) is 10.5 Å². The van der Waals surface area contributed by atoms with Crippen molar-refractivity contribution in [1.82, 2.24) is 4.98 Å². The Hall–Kier alpha value is -2.96. The lowest BCUT2D eigenvalue weighted by atomic mass is 10.1. The average Bonchev–Trinajstić information content (AvgIpc) is 3.16. The predicted molar refractivity (Wildman–Crippen MR) is 116 cm³/mol. The van der Waals surface area contributed by atoms with Gasteiger partial charge in [-0.25, -0.2) is 9.78 Å². The van der Waals surface area contributed by atoms with Gasteiger partial charge in [0.2, 0.25) is 0 Å². The van der Waals surface area contributed by atoms with Gasteiger partial charge in [0.25, 0.3) is 5.91 Å². The van der Waals surface area contributed by atoms with Crippen molar-refractivity contribution in [2.75, 3.05) is 17.7 Å². The minimum atomic E-state index is -0.515. The van der Waals surface area contributed by atoms with Crippen LogP contribution < -0.4 is 11.1 Å². The van der Waals surface area contributed by atoms with Crippen molar-refractivity contribution in [2.45, 2.75) is 34.6 Å². The topological polar surface area (TPSA) is 118 Å². The number of aromatic nitrogens is 1. The first-order valence-corrected chi connectivity index (χ1v) is 10.5. The molecule has 150 valence electrons. The monoisotopic (exact) mass is 428 g/mol. The fourth-order valence-electron chi connectivity index (χ4n) is 3.02. The van der Waals surface area contributed by atoms with Crippen LogP contribution in [0, 0.1) is 39.0 Å². The van der Waals surface area contributed by atoms with E-state index in [1.54, 1.807) is 13.8 Å². The van der Waals surface area contributed by atoms with Gasteiger partial charge in [-0.3, -0.25) is 4.79 Å². The first-order valence-electron chi connectivity index (χ1n) is 8.88. The van der Waals surface area contributed by atoms with Crippen LogP contribution in [-0.2, 0) is 4.74 Å². The fourth-order valence-corrected chi connectivity index (χ4v) is 5.17. The van der Waals surface area contributed by atoms with E-state index in [9.17, 15) is 14.9 Å². The molecule has 3 aromatic rings. The molecule has 0 aliphatic heterocycles. The second-order valence-electron chi connectivity index (χ2n) is 6.52. The van der Waals surface area contributed by atoms with Crippen LogP contribution in [-0.4, -0.2) is 23.5 Å². The van der Waals surface area contributed by atoms with Gasteiger partial charge in [0.1, 0.15) is 25.7 Å². The quantitative estimate of drug-likeness (QED) is 0.592. The number of anilines is 2. The Kier molecular flexibility index (Phi) is 5.59. The zero-order chi connectivity index (χ0) is 21.5. The summed E-state index contributed by atoms with van der Waals surface area (Å²) in [5.41, 5.74) is 10.3. The Bertz CT molecular complexity index is 1200. The average molecular weight is 429 g/mol. The number of thiophene rings is 2. The third kappa shape index (κ3) is 3.45. The molecule has 1 amide bonds. The molecule has 3 aromatic heterocycles. The number of carbonyl (C=O) groups excluding carboxylic acids is 2. The van der Waals surface area contributed by atoms with Crippen molar-refractivity contribution < 1.29 is 14.3 Å². The fraction of sp³-hybridized carbons (Fsp3) is 0.300. The number of amides is 1. The molecule has 3 rings (SSSR count). The van der Waals surface area contributed by atoms with Gasteiger partial charge < -0.3 is 15.8 Å². The highest BCUT2D eigenvalue weighted by molar-refractivity contribution is 7.21. The Morgan fingerprint density at radius 2 is 1.83 bits per heavy atom. The smallest absolute Gasteiger partial charge is 0.348 e. The number of ether oxygens (including phenoxy) is 1. The van der Waals surface area contributed by atoms with Crippen LogP contribution in [0.1, 0.15) is 54.2 Å². The second-order valence-corrected chi connectivity index (χ2v) is 8.54. The molecule has 0 radical (unpaired) electrons. The van der Waals surface area contributed by atoms with E-state index < -0.39 is 11.9 Å². The van der Waals surface area contributed by atoms with Crippen LogP contribution in [0.15, 0.2) is 0 Å². The normalized spacial score (nSPS) is 10.8. The maximum absolute atomic E-state index is 12.9. The van der Waals surface area contributed by atoms with Gasteiger partial charge in [-0.1, -0.05) is 0 Å². The predicted octanol–water partition coefficient (Wildman–Crippen LogP) is 4.47. The van der Waals surface area contributed by atoms with Gasteiger partial charge in [0.15, 0.2) is 0 Å². The molecular formula is C20H20N4O3S2. The lowest BCUT2D eigenvalue weighted by Crippen LogP contribution is -2.12. The van der Waals surface area contributed by atoms with Crippen molar-refractivity contribution in [3.8, 4) is 6.07 Å². The number of rotatable bonds is 4. The number of hydrogen-bond donors (Lipinski definition) is 2. The first kappa shape index (κ1) is 20.8. The van der Waals surface area contributed by atoms with Gasteiger partial charge in [-0.05, 0) is 51.3 Å². The summed E-state index contributed by atoms with van der Waals surface area (Å²) in [5, 5.41) is 13.3. The van der Waals surface area contributed by atoms with E-state index in [1.165, 1.54) is 11.3 Å². The number of nitrogens with one attached hydrogen (secondary N) is 1. The van der Waals surface area contributed by atoms with Crippen LogP contribution in [0.2, 0.25) is 0 Å². The maximum Gasteiger partial charge on any atom is 0.348 e. The Morgan fingerprint density at radius 3 is 2.45 bits per heavy atom. The first-order chi connectivity index (χ1) is 13.7. The number of esters is 1.